The number of aromatic nitrogens is 2. The molecule has 0 aliphatic carbocycles. The van der Waals surface area contributed by atoms with Crippen molar-refractivity contribution in [2.75, 3.05) is 0 Å². The standard InChI is InChI=1S/C24H33N7O7/c1-13(32)20(24(37)38)31-23(36)18(10-15-11-27-12-28-15)30-22(35)17(7-8-19(26)33)29-21(34)16(25)9-14-5-3-2-4-6-14/h2-6,11-13,16-18,20,32H,7-10,25H2,1H3,(H2,26,33)(H,27,28)(H,29,34)(H,30,35)(H,31,36)(H,37,38). The molecule has 206 valence electrons. The number of aliphatic hydroxyl groups is 1. The van der Waals surface area contributed by atoms with E-state index in [-0.39, 0.29) is 25.7 Å². The molecule has 0 spiro atoms. The van der Waals surface area contributed by atoms with E-state index in [1.165, 1.54) is 19.4 Å². The molecular weight excluding hydrogens is 498 g/mol. The number of hydrogen-bond acceptors (Lipinski definition) is 8. The van der Waals surface area contributed by atoms with Crippen LogP contribution in [0.15, 0.2) is 42.9 Å². The molecule has 5 unspecified atom stereocenters. The number of nitrogens with zero attached hydrogens (tertiary/aromatic N) is 1. The van der Waals surface area contributed by atoms with Crippen molar-refractivity contribution in [1.29, 1.82) is 0 Å². The number of primary amides is 1. The quantitative estimate of drug-likeness (QED) is 0.123. The Morgan fingerprint density at radius 1 is 0.974 bits per heavy atom. The minimum absolute atomic E-state index is 0.117. The number of aliphatic carboxylic acids is 1. The van der Waals surface area contributed by atoms with Crippen molar-refractivity contribution in [3.63, 3.8) is 0 Å². The molecule has 0 bridgehead atoms. The average Bonchev–Trinajstić information content (AvgIpc) is 3.37. The van der Waals surface area contributed by atoms with Crippen LogP contribution in [-0.2, 0) is 36.8 Å². The lowest BCUT2D eigenvalue weighted by molar-refractivity contribution is -0.145. The van der Waals surface area contributed by atoms with E-state index in [9.17, 15) is 34.2 Å². The molecule has 0 radical (unpaired) electrons. The third-order valence-electron chi connectivity index (χ3n) is 5.61. The van der Waals surface area contributed by atoms with Gasteiger partial charge in [0, 0.05) is 24.7 Å². The van der Waals surface area contributed by atoms with Crippen LogP contribution in [-0.4, -0.2) is 80.1 Å². The van der Waals surface area contributed by atoms with E-state index in [1.807, 2.05) is 6.07 Å². The molecule has 0 aliphatic heterocycles. The lowest BCUT2D eigenvalue weighted by atomic mass is 10.0. The normalized spacial score (nSPS) is 14.8. The van der Waals surface area contributed by atoms with E-state index in [2.05, 4.69) is 25.9 Å². The maximum atomic E-state index is 13.2. The summed E-state index contributed by atoms with van der Waals surface area (Å²) in [7, 11) is 0. The number of aliphatic hydroxyl groups excluding tert-OH is 1. The van der Waals surface area contributed by atoms with Crippen LogP contribution in [0, 0.1) is 0 Å². The van der Waals surface area contributed by atoms with E-state index in [0.717, 1.165) is 5.56 Å². The van der Waals surface area contributed by atoms with Crippen LogP contribution in [0.3, 0.4) is 0 Å². The maximum absolute atomic E-state index is 13.2. The zero-order chi connectivity index (χ0) is 28.2. The molecule has 1 aromatic carbocycles. The number of carboxylic acids is 1. The monoisotopic (exact) mass is 531 g/mol. The molecule has 0 saturated heterocycles. The third kappa shape index (κ3) is 9.63. The van der Waals surface area contributed by atoms with Gasteiger partial charge in [0.05, 0.1) is 18.5 Å². The van der Waals surface area contributed by atoms with E-state index >= 15 is 0 Å². The van der Waals surface area contributed by atoms with Gasteiger partial charge in [0.2, 0.25) is 23.6 Å². The number of aromatic amines is 1. The fourth-order valence-corrected chi connectivity index (χ4v) is 3.54. The number of benzene rings is 1. The summed E-state index contributed by atoms with van der Waals surface area (Å²) < 4.78 is 0. The van der Waals surface area contributed by atoms with Gasteiger partial charge in [0.1, 0.15) is 12.1 Å². The second-order valence-electron chi connectivity index (χ2n) is 8.77. The van der Waals surface area contributed by atoms with Gasteiger partial charge in [-0.3, -0.25) is 19.2 Å². The molecule has 14 heteroatoms. The molecule has 14 nitrogen and oxygen atoms in total. The summed E-state index contributed by atoms with van der Waals surface area (Å²) in [5, 5.41) is 26.2. The molecule has 0 fully saturated rings. The highest BCUT2D eigenvalue weighted by Gasteiger charge is 2.32. The van der Waals surface area contributed by atoms with Crippen LogP contribution in [0.5, 0.6) is 0 Å². The molecule has 38 heavy (non-hydrogen) atoms. The SMILES string of the molecule is CC(O)C(NC(=O)C(Cc1cnc[nH]1)NC(=O)C(CCC(N)=O)NC(=O)C(N)Cc1ccccc1)C(=O)O. The molecule has 4 amide bonds. The minimum atomic E-state index is -1.63. The van der Waals surface area contributed by atoms with Gasteiger partial charge in [-0.05, 0) is 25.3 Å². The van der Waals surface area contributed by atoms with Gasteiger partial charge in [-0.2, -0.15) is 0 Å². The second kappa shape index (κ2) is 14.4. The van der Waals surface area contributed by atoms with Crippen LogP contribution in [0.1, 0.15) is 31.0 Å². The van der Waals surface area contributed by atoms with Gasteiger partial charge >= 0.3 is 5.97 Å². The number of rotatable bonds is 15. The largest absolute Gasteiger partial charge is 0.480 e. The van der Waals surface area contributed by atoms with Crippen LogP contribution < -0.4 is 27.4 Å². The van der Waals surface area contributed by atoms with Crippen molar-refractivity contribution in [3.05, 3.63) is 54.1 Å². The Balaban J connectivity index is 2.18. The summed E-state index contributed by atoms with van der Waals surface area (Å²) in [6, 6.07) is 3.74. The predicted octanol–water partition coefficient (Wildman–Crippen LogP) is -2.29. The summed E-state index contributed by atoms with van der Waals surface area (Å²) in [4.78, 5) is 68.3. The summed E-state index contributed by atoms with van der Waals surface area (Å²) >= 11 is 0. The summed E-state index contributed by atoms with van der Waals surface area (Å²) in [6.07, 6.45) is 0.998. The highest BCUT2D eigenvalue weighted by atomic mass is 16.4. The maximum Gasteiger partial charge on any atom is 0.328 e. The van der Waals surface area contributed by atoms with E-state index in [4.69, 9.17) is 11.5 Å². The number of carboxylic acid groups (broad SMARTS) is 1. The van der Waals surface area contributed by atoms with E-state index in [0.29, 0.717) is 5.69 Å². The number of nitrogens with one attached hydrogen (secondary N) is 4. The summed E-state index contributed by atoms with van der Waals surface area (Å²) in [5.74, 6) is -4.57. The Morgan fingerprint density at radius 2 is 1.61 bits per heavy atom. The van der Waals surface area contributed by atoms with Crippen molar-refractivity contribution in [2.45, 2.75) is 62.9 Å². The predicted molar refractivity (Wildman–Crippen MR) is 134 cm³/mol. The van der Waals surface area contributed by atoms with Crippen molar-refractivity contribution >= 4 is 29.6 Å². The van der Waals surface area contributed by atoms with Gasteiger partial charge in [-0.1, -0.05) is 30.3 Å². The Morgan fingerprint density at radius 3 is 2.16 bits per heavy atom. The Labute approximate surface area is 218 Å². The first-order valence-electron chi connectivity index (χ1n) is 11.8. The number of H-pyrrole nitrogens is 1. The lowest BCUT2D eigenvalue weighted by Gasteiger charge is -2.25. The molecular formula is C24H33N7O7. The van der Waals surface area contributed by atoms with Crippen molar-refractivity contribution in [2.24, 2.45) is 11.5 Å². The Kier molecular flexibility index (Phi) is 11.4. The molecule has 0 aliphatic rings. The van der Waals surface area contributed by atoms with E-state index in [1.54, 1.807) is 24.3 Å². The molecule has 2 aromatic rings. The molecule has 2 rings (SSSR count). The highest BCUT2D eigenvalue weighted by Crippen LogP contribution is 2.06. The van der Waals surface area contributed by atoms with Crippen LogP contribution in [0.25, 0.3) is 0 Å². The first-order chi connectivity index (χ1) is 18.0. The van der Waals surface area contributed by atoms with Gasteiger partial charge in [-0.25, -0.2) is 9.78 Å². The van der Waals surface area contributed by atoms with Gasteiger partial charge < -0.3 is 42.6 Å². The third-order valence-corrected chi connectivity index (χ3v) is 5.61. The topological polar surface area (TPSA) is 243 Å². The Hall–Kier alpha value is -4.30. The highest BCUT2D eigenvalue weighted by molar-refractivity contribution is 5.94. The summed E-state index contributed by atoms with van der Waals surface area (Å²) in [6.45, 7) is 1.19. The van der Waals surface area contributed by atoms with Crippen LogP contribution in [0.4, 0.5) is 0 Å². The fourth-order valence-electron chi connectivity index (χ4n) is 3.54. The number of carbonyl (C=O) groups excluding carboxylic acids is 4. The van der Waals surface area contributed by atoms with Gasteiger partial charge in [-0.15, -0.1) is 0 Å². The van der Waals surface area contributed by atoms with Crippen molar-refractivity contribution in [3.8, 4) is 0 Å². The average molecular weight is 532 g/mol. The zero-order valence-electron chi connectivity index (χ0n) is 20.8. The fraction of sp³-hybridized carbons (Fsp3) is 0.417. The number of hydrogen-bond donors (Lipinski definition) is 8. The van der Waals surface area contributed by atoms with Crippen molar-refractivity contribution < 1.29 is 34.2 Å². The lowest BCUT2D eigenvalue weighted by Crippen LogP contribution is -2.59. The molecule has 5 atom stereocenters. The zero-order valence-corrected chi connectivity index (χ0v) is 20.8. The number of carbonyl (C=O) groups is 5. The van der Waals surface area contributed by atoms with Crippen molar-refractivity contribution in [1.82, 2.24) is 25.9 Å². The van der Waals surface area contributed by atoms with Crippen LogP contribution in [0.2, 0.25) is 0 Å². The number of imidazole rings is 1. The second-order valence-corrected chi connectivity index (χ2v) is 8.77. The summed E-state index contributed by atoms with van der Waals surface area (Å²) in [5.41, 5.74) is 12.5. The molecule has 0 saturated carbocycles. The molecule has 10 N–H and O–H groups in total. The van der Waals surface area contributed by atoms with Crippen LogP contribution >= 0.6 is 0 Å². The van der Waals surface area contributed by atoms with E-state index < -0.39 is 59.9 Å². The minimum Gasteiger partial charge on any atom is -0.480 e. The molecule has 1 aromatic heterocycles. The number of amides is 4. The first-order valence-corrected chi connectivity index (χ1v) is 11.8. The van der Waals surface area contributed by atoms with Gasteiger partial charge in [0.25, 0.3) is 0 Å². The Bertz CT molecular complexity index is 1090. The molecule has 1 heterocycles. The van der Waals surface area contributed by atoms with Gasteiger partial charge in [0.15, 0.2) is 6.04 Å². The first kappa shape index (κ1) is 29.9. The smallest absolute Gasteiger partial charge is 0.328 e. The number of nitrogens with two attached hydrogens (primary N) is 2.